The van der Waals surface area contributed by atoms with Crippen molar-refractivity contribution in [1.29, 1.82) is 0 Å². The Balaban J connectivity index is 3.07. The van der Waals surface area contributed by atoms with E-state index in [0.717, 1.165) is 0 Å². The number of carbonyl (C=O) groups excluding carboxylic acids is 1. The van der Waals surface area contributed by atoms with Crippen LogP contribution in [0.15, 0.2) is 23.4 Å². The number of ether oxygens (including phenoxy) is 1. The van der Waals surface area contributed by atoms with E-state index in [9.17, 15) is 14.8 Å². The summed E-state index contributed by atoms with van der Waals surface area (Å²) in [5.41, 5.74) is 0.590. The molecule has 1 rings (SSSR count). The molecule has 1 aromatic carbocycles. The number of carbonyl (C=O) groups is 1. The van der Waals surface area contributed by atoms with Gasteiger partial charge in [-0.05, 0) is 17.7 Å². The first kappa shape index (κ1) is 10.2. The lowest BCUT2D eigenvalue weighted by Gasteiger charge is -2.03. The standard InChI is InChI=1S/C9H9NO4/c1-14-9(12)7-4-6(5-10-13)2-3-8(7)11/h2-4,11H,5H2,1H3. The van der Waals surface area contributed by atoms with Gasteiger partial charge in [-0.1, -0.05) is 11.2 Å². The van der Waals surface area contributed by atoms with Crippen LogP contribution in [-0.2, 0) is 11.3 Å². The van der Waals surface area contributed by atoms with Crippen LogP contribution in [0.4, 0.5) is 0 Å². The minimum absolute atomic E-state index is 0.0358. The van der Waals surface area contributed by atoms with Gasteiger partial charge in [-0.2, -0.15) is 4.91 Å². The molecule has 1 aromatic rings. The Labute approximate surface area is 80.3 Å². The molecule has 0 aliphatic carbocycles. The highest BCUT2D eigenvalue weighted by Gasteiger charge is 2.11. The minimum Gasteiger partial charge on any atom is -0.507 e. The van der Waals surface area contributed by atoms with Gasteiger partial charge in [0.05, 0.1) is 7.11 Å². The lowest BCUT2D eigenvalue weighted by Crippen LogP contribution is -2.02. The summed E-state index contributed by atoms with van der Waals surface area (Å²) in [6.07, 6.45) is 0. The van der Waals surface area contributed by atoms with Crippen molar-refractivity contribution < 1.29 is 14.6 Å². The molecule has 0 aromatic heterocycles. The predicted molar refractivity (Wildman–Crippen MR) is 48.9 cm³/mol. The highest BCUT2D eigenvalue weighted by Crippen LogP contribution is 2.19. The van der Waals surface area contributed by atoms with Gasteiger partial charge in [0.2, 0.25) is 0 Å². The molecular weight excluding hydrogens is 186 g/mol. The summed E-state index contributed by atoms with van der Waals surface area (Å²) in [5.74, 6) is -0.818. The van der Waals surface area contributed by atoms with Crippen molar-refractivity contribution in [2.75, 3.05) is 7.11 Å². The molecule has 5 nitrogen and oxygen atoms in total. The first-order valence-corrected chi connectivity index (χ1v) is 3.88. The zero-order valence-electron chi connectivity index (χ0n) is 7.56. The molecule has 0 bridgehead atoms. The first-order chi connectivity index (χ1) is 6.69. The van der Waals surface area contributed by atoms with Crippen molar-refractivity contribution in [3.8, 4) is 5.75 Å². The number of nitrogens with zero attached hydrogens (tertiary/aromatic N) is 1. The van der Waals surface area contributed by atoms with Gasteiger partial charge in [-0.15, -0.1) is 0 Å². The highest BCUT2D eigenvalue weighted by atomic mass is 16.5. The Kier molecular flexibility index (Phi) is 3.17. The maximum atomic E-state index is 11.1. The van der Waals surface area contributed by atoms with Crippen LogP contribution >= 0.6 is 0 Å². The molecule has 0 amide bonds. The summed E-state index contributed by atoms with van der Waals surface area (Å²) in [6, 6.07) is 4.22. The summed E-state index contributed by atoms with van der Waals surface area (Å²) in [5, 5.41) is 12.0. The molecule has 0 saturated heterocycles. The first-order valence-electron chi connectivity index (χ1n) is 3.88. The molecule has 0 spiro atoms. The fraction of sp³-hybridized carbons (Fsp3) is 0.222. The van der Waals surface area contributed by atoms with Crippen molar-refractivity contribution in [2.45, 2.75) is 6.54 Å². The lowest BCUT2D eigenvalue weighted by molar-refractivity contribution is 0.0597. The molecule has 0 aliphatic heterocycles. The molecule has 0 aliphatic rings. The minimum atomic E-state index is -0.643. The number of phenols is 1. The van der Waals surface area contributed by atoms with Gasteiger partial charge in [0, 0.05) is 0 Å². The Morgan fingerprint density at radius 3 is 2.86 bits per heavy atom. The number of esters is 1. The monoisotopic (exact) mass is 195 g/mol. The second-order valence-corrected chi connectivity index (χ2v) is 2.63. The predicted octanol–water partition coefficient (Wildman–Crippen LogP) is 1.45. The zero-order valence-corrected chi connectivity index (χ0v) is 7.56. The lowest BCUT2D eigenvalue weighted by atomic mass is 10.1. The van der Waals surface area contributed by atoms with Gasteiger partial charge in [0.1, 0.15) is 17.9 Å². The van der Waals surface area contributed by atoms with E-state index in [-0.39, 0.29) is 17.9 Å². The van der Waals surface area contributed by atoms with E-state index in [1.54, 1.807) is 0 Å². The van der Waals surface area contributed by atoms with Crippen molar-refractivity contribution in [3.63, 3.8) is 0 Å². The molecular formula is C9H9NO4. The van der Waals surface area contributed by atoms with Gasteiger partial charge in [-0.25, -0.2) is 4.79 Å². The van der Waals surface area contributed by atoms with Gasteiger partial charge in [0.15, 0.2) is 0 Å². The molecule has 5 heteroatoms. The number of phenolic OH excluding ortho intramolecular Hbond substituents is 1. The second-order valence-electron chi connectivity index (χ2n) is 2.63. The maximum Gasteiger partial charge on any atom is 0.341 e. The van der Waals surface area contributed by atoms with Crippen LogP contribution in [-0.4, -0.2) is 18.2 Å². The van der Waals surface area contributed by atoms with E-state index in [0.29, 0.717) is 5.56 Å². The normalized spacial score (nSPS) is 9.50. The van der Waals surface area contributed by atoms with Crippen molar-refractivity contribution in [2.24, 2.45) is 5.18 Å². The SMILES string of the molecule is COC(=O)c1cc(CN=O)ccc1O. The molecule has 0 fully saturated rings. The molecule has 1 N–H and O–H groups in total. The van der Waals surface area contributed by atoms with Gasteiger partial charge >= 0.3 is 5.97 Å². The largest absolute Gasteiger partial charge is 0.507 e. The van der Waals surface area contributed by atoms with E-state index in [2.05, 4.69) is 9.91 Å². The molecule has 0 atom stereocenters. The van der Waals surface area contributed by atoms with Gasteiger partial charge in [-0.3, -0.25) is 0 Å². The van der Waals surface area contributed by atoms with Crippen molar-refractivity contribution in [3.05, 3.63) is 34.2 Å². The third-order valence-electron chi connectivity index (χ3n) is 1.71. The number of methoxy groups -OCH3 is 1. The summed E-state index contributed by atoms with van der Waals surface area (Å²) in [6.45, 7) is -0.0374. The van der Waals surface area contributed by atoms with E-state index in [4.69, 9.17) is 0 Å². The average Bonchev–Trinajstić information content (AvgIpc) is 2.20. The summed E-state index contributed by atoms with van der Waals surface area (Å²) in [7, 11) is 1.21. The van der Waals surface area contributed by atoms with E-state index in [1.807, 2.05) is 0 Å². The number of hydrogen-bond acceptors (Lipinski definition) is 5. The van der Waals surface area contributed by atoms with Crippen LogP contribution in [0.5, 0.6) is 5.75 Å². The Hall–Kier alpha value is -1.91. The van der Waals surface area contributed by atoms with Gasteiger partial charge in [0.25, 0.3) is 0 Å². The number of aromatic hydroxyl groups is 1. The maximum absolute atomic E-state index is 11.1. The summed E-state index contributed by atoms with van der Waals surface area (Å²) >= 11 is 0. The number of rotatable bonds is 3. The van der Waals surface area contributed by atoms with Crippen molar-refractivity contribution in [1.82, 2.24) is 0 Å². The van der Waals surface area contributed by atoms with Crippen LogP contribution in [0.2, 0.25) is 0 Å². The quantitative estimate of drug-likeness (QED) is 0.584. The third kappa shape index (κ3) is 2.07. The molecule has 0 unspecified atom stereocenters. The van der Waals surface area contributed by atoms with Crippen LogP contribution in [0.1, 0.15) is 15.9 Å². The van der Waals surface area contributed by atoms with Crippen LogP contribution in [0.3, 0.4) is 0 Å². The number of hydrogen-bond donors (Lipinski definition) is 1. The van der Waals surface area contributed by atoms with Crippen LogP contribution in [0, 0.1) is 4.91 Å². The van der Waals surface area contributed by atoms with Gasteiger partial charge < -0.3 is 9.84 Å². The Morgan fingerprint density at radius 2 is 2.29 bits per heavy atom. The van der Waals surface area contributed by atoms with E-state index < -0.39 is 5.97 Å². The Morgan fingerprint density at radius 1 is 1.57 bits per heavy atom. The number of nitroso groups, excluding NO2 is 1. The van der Waals surface area contributed by atoms with Crippen LogP contribution < -0.4 is 0 Å². The number of benzene rings is 1. The highest BCUT2D eigenvalue weighted by molar-refractivity contribution is 5.92. The Bertz CT molecular complexity index is 362. The topological polar surface area (TPSA) is 76.0 Å². The molecule has 0 radical (unpaired) electrons. The smallest absolute Gasteiger partial charge is 0.341 e. The summed E-state index contributed by atoms with van der Waals surface area (Å²) in [4.78, 5) is 21.1. The summed E-state index contributed by atoms with van der Waals surface area (Å²) < 4.78 is 4.44. The van der Waals surface area contributed by atoms with Crippen LogP contribution in [0.25, 0.3) is 0 Å². The van der Waals surface area contributed by atoms with E-state index >= 15 is 0 Å². The third-order valence-corrected chi connectivity index (χ3v) is 1.71. The fourth-order valence-corrected chi connectivity index (χ4v) is 1.03. The average molecular weight is 195 g/mol. The molecule has 0 heterocycles. The molecule has 0 saturated carbocycles. The van der Waals surface area contributed by atoms with Crippen molar-refractivity contribution >= 4 is 5.97 Å². The molecule has 74 valence electrons. The fourth-order valence-electron chi connectivity index (χ4n) is 1.03. The second kappa shape index (κ2) is 4.36. The zero-order chi connectivity index (χ0) is 10.6. The van der Waals surface area contributed by atoms with E-state index in [1.165, 1.54) is 25.3 Å². The molecule has 14 heavy (non-hydrogen) atoms.